The van der Waals surface area contributed by atoms with Crippen LogP contribution in [0.4, 0.5) is 5.69 Å². The minimum atomic E-state index is 0.274. The number of anilines is 1. The third kappa shape index (κ3) is 3.14. The van der Waals surface area contributed by atoms with Crippen molar-refractivity contribution in [1.29, 1.82) is 0 Å². The predicted molar refractivity (Wildman–Crippen MR) is 69.0 cm³/mol. The number of methoxy groups -OCH3 is 1. The molecule has 3 nitrogen and oxygen atoms in total. The Morgan fingerprint density at radius 2 is 2.06 bits per heavy atom. The molecule has 0 aromatic heterocycles. The Morgan fingerprint density at radius 1 is 1.38 bits per heavy atom. The quantitative estimate of drug-likeness (QED) is 0.804. The second-order valence-electron chi connectivity index (χ2n) is 4.43. The Kier molecular flexibility index (Phi) is 4.62. The van der Waals surface area contributed by atoms with Crippen LogP contribution >= 0.6 is 0 Å². The van der Waals surface area contributed by atoms with E-state index in [-0.39, 0.29) is 6.04 Å². The van der Waals surface area contributed by atoms with Gasteiger partial charge in [-0.1, -0.05) is 19.9 Å². The van der Waals surface area contributed by atoms with Crippen molar-refractivity contribution < 1.29 is 4.74 Å². The van der Waals surface area contributed by atoms with Crippen molar-refractivity contribution in [3.05, 3.63) is 23.8 Å². The average molecular weight is 222 g/mol. The molecule has 3 heteroatoms. The summed E-state index contributed by atoms with van der Waals surface area (Å²) < 4.78 is 5.32. The summed E-state index contributed by atoms with van der Waals surface area (Å²) in [6.45, 7) is 7.01. The van der Waals surface area contributed by atoms with Crippen LogP contribution in [0.5, 0.6) is 5.75 Å². The van der Waals surface area contributed by atoms with Crippen LogP contribution in [0.25, 0.3) is 0 Å². The van der Waals surface area contributed by atoms with Gasteiger partial charge in [0.1, 0.15) is 5.75 Å². The largest absolute Gasteiger partial charge is 0.495 e. The molecule has 0 fully saturated rings. The molecule has 90 valence electrons. The number of hydrogen-bond acceptors (Lipinski definition) is 3. The fourth-order valence-corrected chi connectivity index (χ4v) is 1.63. The van der Waals surface area contributed by atoms with Crippen LogP contribution in [0, 0.1) is 12.8 Å². The highest BCUT2D eigenvalue weighted by Crippen LogP contribution is 2.26. The predicted octanol–water partition coefficient (Wildman–Crippen LogP) is 2.40. The summed E-state index contributed by atoms with van der Waals surface area (Å²) >= 11 is 0. The van der Waals surface area contributed by atoms with Crippen molar-refractivity contribution in [2.75, 3.05) is 19.0 Å². The van der Waals surface area contributed by atoms with Gasteiger partial charge in [0.15, 0.2) is 0 Å². The molecule has 0 radical (unpaired) electrons. The smallest absolute Gasteiger partial charge is 0.141 e. The summed E-state index contributed by atoms with van der Waals surface area (Å²) in [5.74, 6) is 1.36. The second-order valence-corrected chi connectivity index (χ2v) is 4.43. The van der Waals surface area contributed by atoms with Crippen molar-refractivity contribution in [1.82, 2.24) is 0 Å². The van der Waals surface area contributed by atoms with Gasteiger partial charge in [0, 0.05) is 12.6 Å². The standard InChI is InChI=1S/C13H22N2O/c1-9(2)12(8-14)15-11-7-10(3)5-6-13(11)16-4/h5-7,9,12,15H,8,14H2,1-4H3. The number of rotatable bonds is 5. The van der Waals surface area contributed by atoms with E-state index in [1.807, 2.05) is 12.1 Å². The molecule has 0 aliphatic carbocycles. The molecule has 0 aliphatic rings. The fraction of sp³-hybridized carbons (Fsp3) is 0.538. The molecule has 0 bridgehead atoms. The van der Waals surface area contributed by atoms with Gasteiger partial charge in [-0.2, -0.15) is 0 Å². The lowest BCUT2D eigenvalue weighted by Crippen LogP contribution is -2.33. The molecule has 1 rings (SSSR count). The summed E-state index contributed by atoms with van der Waals surface area (Å²) in [4.78, 5) is 0. The maximum atomic E-state index is 5.75. The highest BCUT2D eigenvalue weighted by Gasteiger charge is 2.13. The lowest BCUT2D eigenvalue weighted by Gasteiger charge is -2.23. The van der Waals surface area contributed by atoms with Gasteiger partial charge in [-0.3, -0.25) is 0 Å². The van der Waals surface area contributed by atoms with Gasteiger partial charge in [-0.25, -0.2) is 0 Å². The van der Waals surface area contributed by atoms with E-state index < -0.39 is 0 Å². The van der Waals surface area contributed by atoms with Gasteiger partial charge in [0.25, 0.3) is 0 Å². The van der Waals surface area contributed by atoms with Crippen molar-refractivity contribution in [2.45, 2.75) is 26.8 Å². The molecule has 1 aromatic rings. The Morgan fingerprint density at radius 3 is 2.56 bits per heavy atom. The molecule has 0 saturated carbocycles. The molecule has 0 spiro atoms. The first-order valence-electron chi connectivity index (χ1n) is 5.69. The highest BCUT2D eigenvalue weighted by molar-refractivity contribution is 5.58. The lowest BCUT2D eigenvalue weighted by molar-refractivity contribution is 0.414. The monoisotopic (exact) mass is 222 g/mol. The van der Waals surface area contributed by atoms with Gasteiger partial charge < -0.3 is 15.8 Å². The molecule has 1 atom stereocenters. The van der Waals surface area contributed by atoms with Crippen LogP contribution in [0.15, 0.2) is 18.2 Å². The van der Waals surface area contributed by atoms with Gasteiger partial charge in [0.05, 0.1) is 12.8 Å². The zero-order chi connectivity index (χ0) is 12.1. The fourth-order valence-electron chi connectivity index (χ4n) is 1.63. The Balaban J connectivity index is 2.89. The molecular weight excluding hydrogens is 200 g/mol. The molecular formula is C13H22N2O. The molecule has 0 amide bonds. The van der Waals surface area contributed by atoms with Gasteiger partial charge in [-0.15, -0.1) is 0 Å². The first kappa shape index (κ1) is 12.8. The molecule has 1 unspecified atom stereocenters. The molecule has 0 saturated heterocycles. The summed E-state index contributed by atoms with van der Waals surface area (Å²) in [5, 5.41) is 3.44. The number of hydrogen-bond donors (Lipinski definition) is 2. The van der Waals surface area contributed by atoms with Crippen LogP contribution in [-0.4, -0.2) is 19.7 Å². The number of aryl methyl sites for hydroxylation is 1. The summed E-state index contributed by atoms with van der Waals surface area (Å²) in [7, 11) is 1.68. The molecule has 0 heterocycles. The number of nitrogens with one attached hydrogen (secondary N) is 1. The second kappa shape index (κ2) is 5.75. The van der Waals surface area contributed by atoms with Crippen LogP contribution < -0.4 is 15.8 Å². The molecule has 1 aromatic carbocycles. The number of nitrogens with two attached hydrogens (primary N) is 1. The third-order valence-electron chi connectivity index (χ3n) is 2.75. The minimum Gasteiger partial charge on any atom is -0.495 e. The van der Waals surface area contributed by atoms with E-state index in [0.717, 1.165) is 11.4 Å². The summed E-state index contributed by atoms with van der Waals surface area (Å²) in [5.41, 5.74) is 7.98. The van der Waals surface area contributed by atoms with Gasteiger partial charge >= 0.3 is 0 Å². The normalized spacial score (nSPS) is 12.6. The molecule has 16 heavy (non-hydrogen) atoms. The van der Waals surface area contributed by atoms with Crippen molar-refractivity contribution >= 4 is 5.69 Å². The van der Waals surface area contributed by atoms with Crippen LogP contribution in [0.2, 0.25) is 0 Å². The zero-order valence-corrected chi connectivity index (χ0v) is 10.6. The van der Waals surface area contributed by atoms with Gasteiger partial charge in [0.2, 0.25) is 0 Å². The van der Waals surface area contributed by atoms with E-state index in [0.29, 0.717) is 12.5 Å². The van der Waals surface area contributed by atoms with E-state index in [9.17, 15) is 0 Å². The molecule has 3 N–H and O–H groups in total. The first-order valence-corrected chi connectivity index (χ1v) is 5.69. The van der Waals surface area contributed by atoms with Crippen molar-refractivity contribution in [3.8, 4) is 5.75 Å². The maximum Gasteiger partial charge on any atom is 0.141 e. The van der Waals surface area contributed by atoms with E-state index in [1.165, 1.54) is 5.56 Å². The third-order valence-corrected chi connectivity index (χ3v) is 2.75. The van der Waals surface area contributed by atoms with E-state index in [1.54, 1.807) is 7.11 Å². The Labute approximate surface area is 98.0 Å². The Hall–Kier alpha value is -1.22. The van der Waals surface area contributed by atoms with Crippen LogP contribution in [-0.2, 0) is 0 Å². The van der Waals surface area contributed by atoms with E-state index in [4.69, 9.17) is 10.5 Å². The summed E-state index contributed by atoms with van der Waals surface area (Å²) in [6, 6.07) is 6.38. The van der Waals surface area contributed by atoms with Crippen molar-refractivity contribution in [3.63, 3.8) is 0 Å². The maximum absolute atomic E-state index is 5.75. The molecule has 0 aliphatic heterocycles. The Bertz CT molecular complexity index is 337. The van der Waals surface area contributed by atoms with Crippen LogP contribution in [0.3, 0.4) is 0 Å². The summed E-state index contributed by atoms with van der Waals surface area (Å²) in [6.07, 6.45) is 0. The highest BCUT2D eigenvalue weighted by atomic mass is 16.5. The topological polar surface area (TPSA) is 47.3 Å². The lowest BCUT2D eigenvalue weighted by atomic mass is 10.0. The first-order chi connectivity index (χ1) is 7.58. The number of ether oxygens (including phenoxy) is 1. The van der Waals surface area contributed by atoms with Gasteiger partial charge in [-0.05, 0) is 30.5 Å². The van der Waals surface area contributed by atoms with Crippen LogP contribution in [0.1, 0.15) is 19.4 Å². The van der Waals surface area contributed by atoms with E-state index in [2.05, 4.69) is 32.2 Å². The van der Waals surface area contributed by atoms with Crippen molar-refractivity contribution in [2.24, 2.45) is 11.7 Å². The van der Waals surface area contributed by atoms with E-state index >= 15 is 0 Å². The number of benzene rings is 1. The SMILES string of the molecule is COc1ccc(C)cc1NC(CN)C(C)C. The zero-order valence-electron chi connectivity index (χ0n) is 10.6. The minimum absolute atomic E-state index is 0.274. The average Bonchev–Trinajstić information content (AvgIpc) is 2.25.